The van der Waals surface area contributed by atoms with Gasteiger partial charge in [-0.25, -0.2) is 4.79 Å². The highest BCUT2D eigenvalue weighted by molar-refractivity contribution is 6.76. The van der Waals surface area contributed by atoms with Crippen LogP contribution in [0.25, 0.3) is 0 Å². The van der Waals surface area contributed by atoms with Gasteiger partial charge in [0.05, 0.1) is 20.3 Å². The van der Waals surface area contributed by atoms with E-state index in [1.807, 2.05) is 19.9 Å². The second-order valence-electron chi connectivity index (χ2n) is 7.97. The van der Waals surface area contributed by atoms with E-state index < -0.39 is 8.07 Å². The molecule has 0 radical (unpaired) electrons. The topological polar surface area (TPSA) is 65.0 Å². The number of aliphatic hydroxyl groups is 1. The number of benzene rings is 1. The summed E-state index contributed by atoms with van der Waals surface area (Å²) in [5.41, 5.74) is 3.99. The Labute approximate surface area is 157 Å². The molecule has 0 atom stereocenters. The molecule has 0 fully saturated rings. The summed E-state index contributed by atoms with van der Waals surface area (Å²) in [6, 6.07) is 0.998. The number of cyclic esters (lactones) is 1. The molecule has 1 aliphatic heterocycles. The van der Waals surface area contributed by atoms with Gasteiger partial charge in [0.25, 0.3) is 0 Å². The van der Waals surface area contributed by atoms with E-state index >= 15 is 0 Å². The fraction of sp³-hybridized carbons (Fsp3) is 0.550. The first-order valence-corrected chi connectivity index (χ1v) is 12.7. The van der Waals surface area contributed by atoms with Gasteiger partial charge in [0, 0.05) is 19.2 Å². The molecule has 0 saturated heterocycles. The number of esters is 1. The smallest absolute Gasteiger partial charge is 0.342 e. The molecule has 0 bridgehead atoms. The van der Waals surface area contributed by atoms with Crippen molar-refractivity contribution in [3.8, 4) is 11.5 Å². The standard InChI is InChI=1S/C20H30O5Si/c1-13(11-21)7-8-15-18(23-3)14(2)16-12-25-20(22)17(16)19(15)24-9-10-26(4,5)6/h7,21H,8-12H2,1-6H3/b13-7+. The summed E-state index contributed by atoms with van der Waals surface area (Å²) in [6.07, 6.45) is 2.47. The van der Waals surface area contributed by atoms with Crippen LogP contribution in [0.4, 0.5) is 0 Å². The fourth-order valence-electron chi connectivity index (χ4n) is 2.97. The molecule has 1 N–H and O–H groups in total. The van der Waals surface area contributed by atoms with Crippen molar-refractivity contribution in [2.45, 2.75) is 52.6 Å². The largest absolute Gasteiger partial charge is 0.496 e. The third-order valence-electron chi connectivity index (χ3n) is 4.63. The van der Waals surface area contributed by atoms with Crippen LogP contribution in [0.3, 0.4) is 0 Å². The number of fused-ring (bicyclic) bond motifs is 1. The second kappa shape index (κ2) is 8.27. The van der Waals surface area contributed by atoms with E-state index in [0.29, 0.717) is 24.3 Å². The van der Waals surface area contributed by atoms with Gasteiger partial charge in [0.2, 0.25) is 0 Å². The Hall–Kier alpha value is -1.79. The number of rotatable bonds is 8. The maximum atomic E-state index is 12.4. The van der Waals surface area contributed by atoms with Crippen molar-refractivity contribution < 1.29 is 24.1 Å². The normalized spacial score (nSPS) is 14.3. The highest BCUT2D eigenvalue weighted by Gasteiger charge is 2.33. The molecule has 1 heterocycles. The van der Waals surface area contributed by atoms with Gasteiger partial charge in [0.15, 0.2) is 0 Å². The van der Waals surface area contributed by atoms with Crippen molar-refractivity contribution in [3.63, 3.8) is 0 Å². The van der Waals surface area contributed by atoms with E-state index in [9.17, 15) is 9.90 Å². The summed E-state index contributed by atoms with van der Waals surface area (Å²) < 4.78 is 17.1. The van der Waals surface area contributed by atoms with Crippen molar-refractivity contribution in [3.05, 3.63) is 33.9 Å². The van der Waals surface area contributed by atoms with Crippen LogP contribution in [0.2, 0.25) is 25.7 Å². The van der Waals surface area contributed by atoms with Crippen LogP contribution in [0, 0.1) is 6.92 Å². The number of allylic oxidation sites excluding steroid dienone is 1. The number of carbonyl (C=O) groups excluding carboxylic acids is 1. The predicted molar refractivity (Wildman–Crippen MR) is 105 cm³/mol. The molecule has 0 spiro atoms. The molecular weight excluding hydrogens is 348 g/mol. The summed E-state index contributed by atoms with van der Waals surface area (Å²) >= 11 is 0. The molecule has 0 amide bonds. The molecule has 1 aromatic rings. The number of aliphatic hydroxyl groups excluding tert-OH is 1. The molecule has 6 heteroatoms. The summed E-state index contributed by atoms with van der Waals surface area (Å²) in [5, 5.41) is 9.29. The first-order valence-electron chi connectivity index (χ1n) is 8.98. The third kappa shape index (κ3) is 4.48. The second-order valence-corrected chi connectivity index (χ2v) is 13.6. The summed E-state index contributed by atoms with van der Waals surface area (Å²) in [5.74, 6) is 0.968. The molecule has 1 aromatic carbocycles. The average Bonchev–Trinajstić information content (AvgIpc) is 2.96. The molecule has 0 aromatic heterocycles. The molecule has 5 nitrogen and oxygen atoms in total. The number of ether oxygens (including phenoxy) is 3. The van der Waals surface area contributed by atoms with Crippen molar-refractivity contribution in [2.24, 2.45) is 0 Å². The number of hydrogen-bond donors (Lipinski definition) is 1. The first kappa shape index (κ1) is 20.5. The lowest BCUT2D eigenvalue weighted by molar-refractivity contribution is 0.0532. The molecule has 1 aliphatic rings. The van der Waals surface area contributed by atoms with Gasteiger partial charge in [-0.3, -0.25) is 0 Å². The minimum atomic E-state index is -1.26. The highest BCUT2D eigenvalue weighted by Crippen LogP contribution is 2.43. The van der Waals surface area contributed by atoms with Crippen molar-refractivity contribution in [1.82, 2.24) is 0 Å². The lowest BCUT2D eigenvalue weighted by atomic mass is 9.95. The maximum absolute atomic E-state index is 12.4. The summed E-state index contributed by atoms with van der Waals surface area (Å²) in [6.45, 7) is 11.5. The minimum Gasteiger partial charge on any atom is -0.496 e. The zero-order valence-corrected chi connectivity index (χ0v) is 17.7. The number of methoxy groups -OCH3 is 1. The minimum absolute atomic E-state index is 0.0000939. The Morgan fingerprint density at radius 1 is 1.31 bits per heavy atom. The maximum Gasteiger partial charge on any atom is 0.342 e. The van der Waals surface area contributed by atoms with Crippen molar-refractivity contribution in [2.75, 3.05) is 20.3 Å². The molecule has 0 aliphatic carbocycles. The van der Waals surface area contributed by atoms with Crippen molar-refractivity contribution >= 4 is 14.0 Å². The molecule has 2 rings (SSSR count). The monoisotopic (exact) mass is 378 g/mol. The molecular formula is C20H30O5Si. The third-order valence-corrected chi connectivity index (χ3v) is 6.33. The number of hydrogen-bond acceptors (Lipinski definition) is 5. The van der Waals surface area contributed by atoms with Crippen LogP contribution < -0.4 is 9.47 Å². The van der Waals surface area contributed by atoms with E-state index in [2.05, 4.69) is 19.6 Å². The lowest BCUT2D eigenvalue weighted by Gasteiger charge is -2.21. The van der Waals surface area contributed by atoms with Crippen molar-refractivity contribution in [1.29, 1.82) is 0 Å². The average molecular weight is 379 g/mol. The molecule has 26 heavy (non-hydrogen) atoms. The van der Waals surface area contributed by atoms with Crippen LogP contribution in [-0.2, 0) is 17.8 Å². The zero-order valence-electron chi connectivity index (χ0n) is 16.7. The Balaban J connectivity index is 2.53. The summed E-state index contributed by atoms with van der Waals surface area (Å²) in [7, 11) is 0.366. The van der Waals surface area contributed by atoms with E-state index in [4.69, 9.17) is 14.2 Å². The van der Waals surface area contributed by atoms with Crippen LogP contribution in [0.5, 0.6) is 11.5 Å². The van der Waals surface area contributed by atoms with Gasteiger partial charge >= 0.3 is 5.97 Å². The van der Waals surface area contributed by atoms with Crippen LogP contribution in [-0.4, -0.2) is 39.5 Å². The van der Waals surface area contributed by atoms with Gasteiger partial charge in [-0.2, -0.15) is 0 Å². The van der Waals surface area contributed by atoms with E-state index in [0.717, 1.165) is 34.1 Å². The molecule has 144 valence electrons. The zero-order chi connectivity index (χ0) is 19.5. The fourth-order valence-corrected chi connectivity index (χ4v) is 3.68. The Bertz CT molecular complexity index is 716. The van der Waals surface area contributed by atoms with Crippen LogP contribution in [0.15, 0.2) is 11.6 Å². The van der Waals surface area contributed by atoms with Gasteiger partial charge in [0.1, 0.15) is 23.7 Å². The van der Waals surface area contributed by atoms with Gasteiger partial charge in [-0.1, -0.05) is 31.3 Å². The van der Waals surface area contributed by atoms with Crippen LogP contribution >= 0.6 is 0 Å². The SMILES string of the molecule is COc1c(C)c2c(c(OCC[Si](C)(C)C)c1C/C=C(\C)CO)C(=O)OC2. The Morgan fingerprint density at radius 2 is 2.00 bits per heavy atom. The van der Waals surface area contributed by atoms with E-state index in [1.54, 1.807) is 7.11 Å². The van der Waals surface area contributed by atoms with E-state index in [-0.39, 0.29) is 19.2 Å². The highest BCUT2D eigenvalue weighted by atomic mass is 28.3. The predicted octanol–water partition coefficient (Wildman–Crippen LogP) is 3.87. The Morgan fingerprint density at radius 3 is 2.58 bits per heavy atom. The number of carbonyl (C=O) groups is 1. The van der Waals surface area contributed by atoms with Gasteiger partial charge in [-0.15, -0.1) is 0 Å². The van der Waals surface area contributed by atoms with Crippen LogP contribution in [0.1, 0.15) is 34.0 Å². The Kier molecular flexibility index (Phi) is 6.52. The molecule has 0 saturated carbocycles. The lowest BCUT2D eigenvalue weighted by Crippen LogP contribution is -2.23. The van der Waals surface area contributed by atoms with E-state index in [1.165, 1.54) is 0 Å². The quantitative estimate of drug-likeness (QED) is 0.423. The first-order chi connectivity index (χ1) is 12.2. The van der Waals surface area contributed by atoms with Gasteiger partial charge < -0.3 is 19.3 Å². The molecule has 0 unspecified atom stereocenters. The summed E-state index contributed by atoms with van der Waals surface area (Å²) in [4.78, 5) is 12.4. The van der Waals surface area contributed by atoms with Gasteiger partial charge in [-0.05, 0) is 31.9 Å².